The summed E-state index contributed by atoms with van der Waals surface area (Å²) in [5.74, 6) is -0.0778. The van der Waals surface area contributed by atoms with Crippen LogP contribution in [0.3, 0.4) is 0 Å². The van der Waals surface area contributed by atoms with Crippen molar-refractivity contribution in [3.05, 3.63) is 29.8 Å². The van der Waals surface area contributed by atoms with Crippen molar-refractivity contribution < 1.29 is 19.8 Å². The number of nitrogens with one attached hydrogen (secondary N) is 1. The Morgan fingerprint density at radius 2 is 2.20 bits per heavy atom. The summed E-state index contributed by atoms with van der Waals surface area (Å²) < 4.78 is 0. The van der Waals surface area contributed by atoms with Gasteiger partial charge < -0.3 is 20.4 Å². The number of Topliss-reactive ketones (excluding diaryl/α,β-unsaturated/α-hetero) is 1. The molecule has 0 bridgehead atoms. The van der Waals surface area contributed by atoms with Crippen molar-refractivity contribution >= 4 is 17.5 Å². The van der Waals surface area contributed by atoms with Crippen LogP contribution >= 0.6 is 0 Å². The third kappa shape index (κ3) is 3.15. The van der Waals surface area contributed by atoms with Crippen LogP contribution in [0, 0.1) is 0 Å². The van der Waals surface area contributed by atoms with Crippen LogP contribution in [0.15, 0.2) is 24.3 Å². The lowest BCUT2D eigenvalue weighted by Gasteiger charge is -2.23. The molecule has 3 N–H and O–H groups in total. The van der Waals surface area contributed by atoms with Crippen LogP contribution in [-0.2, 0) is 0 Å². The second-order valence-electron chi connectivity index (χ2n) is 4.95. The van der Waals surface area contributed by atoms with Crippen molar-refractivity contribution in [3.63, 3.8) is 0 Å². The summed E-state index contributed by atoms with van der Waals surface area (Å²) in [4.78, 5) is 24.8. The molecule has 2 atom stereocenters. The number of urea groups is 1. The van der Waals surface area contributed by atoms with Gasteiger partial charge in [-0.15, -0.1) is 0 Å². The fourth-order valence-electron chi connectivity index (χ4n) is 2.33. The van der Waals surface area contributed by atoms with E-state index in [0.29, 0.717) is 17.7 Å². The van der Waals surface area contributed by atoms with Crippen LogP contribution in [0.4, 0.5) is 10.5 Å². The van der Waals surface area contributed by atoms with Crippen molar-refractivity contribution in [2.45, 2.75) is 25.5 Å². The van der Waals surface area contributed by atoms with Crippen LogP contribution in [0.2, 0.25) is 0 Å². The summed E-state index contributed by atoms with van der Waals surface area (Å²) in [7, 11) is 0. The molecule has 0 spiro atoms. The SMILES string of the molecule is CC(=O)c1cccc(NC(=O)N2CC(O)CC2CO)c1. The van der Waals surface area contributed by atoms with Gasteiger partial charge in [0.25, 0.3) is 0 Å². The average Bonchev–Trinajstić information content (AvgIpc) is 2.80. The van der Waals surface area contributed by atoms with Gasteiger partial charge in [0.1, 0.15) is 0 Å². The molecular formula is C14H18N2O4. The second-order valence-corrected chi connectivity index (χ2v) is 4.95. The smallest absolute Gasteiger partial charge is 0.322 e. The van der Waals surface area contributed by atoms with Crippen LogP contribution < -0.4 is 5.32 Å². The normalized spacial score (nSPS) is 21.9. The van der Waals surface area contributed by atoms with E-state index in [1.54, 1.807) is 24.3 Å². The fraction of sp³-hybridized carbons (Fsp3) is 0.429. The molecule has 6 nitrogen and oxygen atoms in total. The van der Waals surface area contributed by atoms with Gasteiger partial charge in [0.2, 0.25) is 0 Å². The van der Waals surface area contributed by atoms with Crippen molar-refractivity contribution in [3.8, 4) is 0 Å². The highest BCUT2D eigenvalue weighted by atomic mass is 16.3. The Kier molecular flexibility index (Phi) is 4.36. The molecule has 1 aliphatic heterocycles. The number of anilines is 1. The first-order valence-electron chi connectivity index (χ1n) is 6.49. The third-order valence-corrected chi connectivity index (χ3v) is 3.38. The van der Waals surface area contributed by atoms with Crippen LogP contribution in [0.25, 0.3) is 0 Å². The maximum atomic E-state index is 12.1. The molecule has 1 aromatic carbocycles. The van der Waals surface area contributed by atoms with Crippen LogP contribution in [-0.4, -0.2) is 52.2 Å². The lowest BCUT2D eigenvalue weighted by molar-refractivity contribution is 0.101. The molecule has 6 heteroatoms. The standard InChI is InChI=1S/C14H18N2O4/c1-9(18)10-3-2-4-11(5-10)15-14(20)16-7-13(19)6-12(16)8-17/h2-5,12-13,17,19H,6-8H2,1H3,(H,15,20). The van der Waals surface area contributed by atoms with E-state index >= 15 is 0 Å². The first-order valence-corrected chi connectivity index (χ1v) is 6.49. The average molecular weight is 278 g/mol. The Balaban J connectivity index is 2.08. The van der Waals surface area contributed by atoms with Gasteiger partial charge in [0.05, 0.1) is 18.8 Å². The monoisotopic (exact) mass is 278 g/mol. The Labute approximate surface area is 117 Å². The first kappa shape index (κ1) is 14.5. The minimum atomic E-state index is -0.610. The number of likely N-dealkylation sites (tertiary alicyclic amines) is 1. The number of rotatable bonds is 3. The van der Waals surface area contributed by atoms with E-state index in [0.717, 1.165) is 0 Å². The molecule has 2 rings (SSSR count). The zero-order valence-electron chi connectivity index (χ0n) is 11.2. The Hall–Kier alpha value is -1.92. The van der Waals surface area contributed by atoms with E-state index in [1.807, 2.05) is 0 Å². The van der Waals surface area contributed by atoms with Crippen LogP contribution in [0.1, 0.15) is 23.7 Å². The zero-order chi connectivity index (χ0) is 14.7. The van der Waals surface area contributed by atoms with Gasteiger partial charge in [0, 0.05) is 17.8 Å². The highest BCUT2D eigenvalue weighted by molar-refractivity contribution is 5.96. The number of amides is 2. The summed E-state index contributed by atoms with van der Waals surface area (Å²) in [5.41, 5.74) is 1.03. The molecule has 0 aliphatic carbocycles. The predicted octanol–water partition coefficient (Wildman–Crippen LogP) is 0.849. The summed E-state index contributed by atoms with van der Waals surface area (Å²) in [6.07, 6.45) is -0.237. The molecule has 1 saturated heterocycles. The number of hydrogen-bond donors (Lipinski definition) is 3. The minimum absolute atomic E-state index is 0.0778. The van der Waals surface area contributed by atoms with E-state index in [4.69, 9.17) is 0 Å². The number of hydrogen-bond acceptors (Lipinski definition) is 4. The van der Waals surface area contributed by atoms with E-state index in [2.05, 4.69) is 5.32 Å². The second kappa shape index (κ2) is 6.02. The molecule has 1 heterocycles. The van der Waals surface area contributed by atoms with E-state index < -0.39 is 6.10 Å². The van der Waals surface area contributed by atoms with Gasteiger partial charge >= 0.3 is 6.03 Å². The maximum absolute atomic E-state index is 12.1. The summed E-state index contributed by atoms with van der Waals surface area (Å²) >= 11 is 0. The quantitative estimate of drug-likeness (QED) is 0.715. The number of β-amino-alcohol motifs (C(OH)–C–C–N with tert-alkyl or cyclic N) is 1. The maximum Gasteiger partial charge on any atom is 0.322 e. The number of carbonyl (C=O) groups excluding carboxylic acids is 2. The number of aliphatic hydroxyl groups excluding tert-OH is 2. The lowest BCUT2D eigenvalue weighted by Crippen LogP contribution is -2.40. The predicted molar refractivity (Wildman–Crippen MR) is 73.7 cm³/mol. The molecule has 2 unspecified atom stereocenters. The summed E-state index contributed by atoms with van der Waals surface area (Å²) in [5, 5.41) is 21.4. The Morgan fingerprint density at radius 3 is 2.85 bits per heavy atom. The lowest BCUT2D eigenvalue weighted by atomic mass is 10.1. The molecule has 1 aromatic rings. The number of benzene rings is 1. The molecule has 108 valence electrons. The summed E-state index contributed by atoms with van der Waals surface area (Å²) in [6.45, 7) is 1.47. The van der Waals surface area contributed by atoms with Crippen molar-refractivity contribution in [1.82, 2.24) is 4.90 Å². The molecule has 0 saturated carbocycles. The van der Waals surface area contributed by atoms with Gasteiger partial charge in [-0.25, -0.2) is 4.79 Å². The number of aliphatic hydroxyl groups is 2. The highest BCUT2D eigenvalue weighted by Gasteiger charge is 2.33. The molecule has 0 radical (unpaired) electrons. The van der Waals surface area contributed by atoms with Crippen molar-refractivity contribution in [1.29, 1.82) is 0 Å². The summed E-state index contributed by atoms with van der Waals surface area (Å²) in [6, 6.07) is 5.89. The molecule has 1 aliphatic rings. The number of ketones is 1. The van der Waals surface area contributed by atoms with E-state index in [1.165, 1.54) is 11.8 Å². The van der Waals surface area contributed by atoms with Crippen molar-refractivity contribution in [2.75, 3.05) is 18.5 Å². The topological polar surface area (TPSA) is 89.9 Å². The van der Waals surface area contributed by atoms with Crippen LogP contribution in [0.5, 0.6) is 0 Å². The van der Waals surface area contributed by atoms with Gasteiger partial charge in [-0.1, -0.05) is 12.1 Å². The number of nitrogens with zero attached hydrogens (tertiary/aromatic N) is 1. The number of carbonyl (C=O) groups is 2. The Bertz CT molecular complexity index is 518. The Morgan fingerprint density at radius 1 is 1.45 bits per heavy atom. The van der Waals surface area contributed by atoms with Gasteiger partial charge in [-0.05, 0) is 25.5 Å². The largest absolute Gasteiger partial charge is 0.394 e. The van der Waals surface area contributed by atoms with Gasteiger partial charge in [-0.2, -0.15) is 0 Å². The van der Waals surface area contributed by atoms with Gasteiger partial charge in [0.15, 0.2) is 5.78 Å². The molecule has 20 heavy (non-hydrogen) atoms. The van der Waals surface area contributed by atoms with E-state index in [-0.39, 0.29) is 31.0 Å². The fourth-order valence-corrected chi connectivity index (χ4v) is 2.33. The zero-order valence-corrected chi connectivity index (χ0v) is 11.2. The molecule has 1 fully saturated rings. The van der Waals surface area contributed by atoms with Gasteiger partial charge in [-0.3, -0.25) is 4.79 Å². The minimum Gasteiger partial charge on any atom is -0.394 e. The molecule has 2 amide bonds. The first-order chi connectivity index (χ1) is 9.51. The molecule has 0 aromatic heterocycles. The molecular weight excluding hydrogens is 260 g/mol. The highest BCUT2D eigenvalue weighted by Crippen LogP contribution is 2.19. The third-order valence-electron chi connectivity index (χ3n) is 3.38. The van der Waals surface area contributed by atoms with E-state index in [9.17, 15) is 19.8 Å². The van der Waals surface area contributed by atoms with Crippen molar-refractivity contribution in [2.24, 2.45) is 0 Å².